The molecule has 0 radical (unpaired) electrons. The van der Waals surface area contributed by atoms with Crippen LogP contribution < -0.4 is 4.57 Å². The van der Waals surface area contributed by atoms with Gasteiger partial charge in [0.1, 0.15) is 7.05 Å². The standard InChI is InChI=1S/C23H24N/c1-16-12-19-10-7-11-20(19)13-22(16)23-14-21(17(2)15-24(23)3)18-8-5-4-6-9-18/h4-6,8-9,12-15H,7,10-11H2,1-3H3/q+1. The highest BCUT2D eigenvalue weighted by atomic mass is 14.9. The van der Waals surface area contributed by atoms with Gasteiger partial charge in [-0.3, -0.25) is 0 Å². The third-order valence-electron chi connectivity index (χ3n) is 5.27. The molecule has 1 nitrogen and oxygen atoms in total. The Morgan fingerprint density at radius 2 is 1.50 bits per heavy atom. The number of rotatable bonds is 2. The minimum absolute atomic E-state index is 1.23. The summed E-state index contributed by atoms with van der Waals surface area (Å²) >= 11 is 0. The quantitative estimate of drug-likeness (QED) is 0.589. The van der Waals surface area contributed by atoms with Crippen molar-refractivity contribution in [2.75, 3.05) is 0 Å². The topological polar surface area (TPSA) is 3.88 Å². The fraction of sp³-hybridized carbons (Fsp3) is 0.261. The molecule has 0 amide bonds. The summed E-state index contributed by atoms with van der Waals surface area (Å²) in [7, 11) is 2.16. The first-order valence-corrected chi connectivity index (χ1v) is 8.82. The molecule has 1 aliphatic rings. The highest BCUT2D eigenvalue weighted by Crippen LogP contribution is 2.32. The van der Waals surface area contributed by atoms with Gasteiger partial charge < -0.3 is 0 Å². The summed E-state index contributed by atoms with van der Waals surface area (Å²) in [6.07, 6.45) is 6.02. The number of aromatic nitrogens is 1. The Labute approximate surface area is 144 Å². The van der Waals surface area contributed by atoms with Gasteiger partial charge in [-0.2, -0.15) is 0 Å². The first-order chi connectivity index (χ1) is 11.6. The molecule has 0 bridgehead atoms. The SMILES string of the molecule is Cc1c[n+](C)c(-c2cc3c(cc2C)CCC3)cc1-c1ccccc1. The van der Waals surface area contributed by atoms with Crippen molar-refractivity contribution in [1.29, 1.82) is 0 Å². The molecule has 1 aliphatic carbocycles. The molecule has 24 heavy (non-hydrogen) atoms. The lowest BCUT2D eigenvalue weighted by atomic mass is 9.95. The van der Waals surface area contributed by atoms with Crippen molar-refractivity contribution in [2.45, 2.75) is 33.1 Å². The molecule has 0 spiro atoms. The number of hydrogen-bond donors (Lipinski definition) is 0. The fourth-order valence-corrected chi connectivity index (χ4v) is 4.00. The van der Waals surface area contributed by atoms with Crippen LogP contribution in [-0.2, 0) is 19.9 Å². The molecule has 0 saturated carbocycles. The third-order valence-corrected chi connectivity index (χ3v) is 5.27. The smallest absolute Gasteiger partial charge is 0.201 e. The number of benzene rings is 2. The van der Waals surface area contributed by atoms with E-state index in [1.165, 1.54) is 58.3 Å². The first kappa shape index (κ1) is 15.1. The van der Waals surface area contributed by atoms with Crippen molar-refractivity contribution in [3.63, 3.8) is 0 Å². The highest BCUT2D eigenvalue weighted by molar-refractivity contribution is 5.73. The number of aryl methyl sites for hydroxylation is 5. The molecule has 120 valence electrons. The van der Waals surface area contributed by atoms with Gasteiger partial charge >= 0.3 is 0 Å². The minimum Gasteiger partial charge on any atom is -0.201 e. The van der Waals surface area contributed by atoms with E-state index in [-0.39, 0.29) is 0 Å². The van der Waals surface area contributed by atoms with E-state index in [1.807, 2.05) is 0 Å². The normalized spacial score (nSPS) is 13.1. The fourth-order valence-electron chi connectivity index (χ4n) is 4.00. The Morgan fingerprint density at radius 1 is 0.792 bits per heavy atom. The first-order valence-electron chi connectivity index (χ1n) is 8.82. The molecule has 0 aliphatic heterocycles. The predicted octanol–water partition coefficient (Wildman–Crippen LogP) is 4.95. The molecular weight excluding hydrogens is 290 g/mol. The van der Waals surface area contributed by atoms with Gasteiger partial charge in [0, 0.05) is 17.2 Å². The van der Waals surface area contributed by atoms with Gasteiger partial charge in [-0.15, -0.1) is 0 Å². The van der Waals surface area contributed by atoms with Crippen LogP contribution in [0.2, 0.25) is 0 Å². The average Bonchev–Trinajstić information content (AvgIpc) is 3.02. The van der Waals surface area contributed by atoms with E-state index in [0.29, 0.717) is 0 Å². The van der Waals surface area contributed by atoms with Gasteiger partial charge in [-0.1, -0.05) is 36.4 Å². The van der Waals surface area contributed by atoms with E-state index < -0.39 is 0 Å². The molecule has 1 heteroatoms. The van der Waals surface area contributed by atoms with Crippen molar-refractivity contribution in [3.8, 4) is 22.4 Å². The summed E-state index contributed by atoms with van der Waals surface area (Å²) in [6, 6.07) is 17.9. The molecule has 1 aromatic heterocycles. The van der Waals surface area contributed by atoms with Crippen LogP contribution in [0, 0.1) is 13.8 Å². The van der Waals surface area contributed by atoms with Crippen LogP contribution >= 0.6 is 0 Å². The van der Waals surface area contributed by atoms with Gasteiger partial charge in [0.05, 0.1) is 0 Å². The van der Waals surface area contributed by atoms with Crippen molar-refractivity contribution in [2.24, 2.45) is 7.05 Å². The molecule has 0 saturated heterocycles. The lowest BCUT2D eigenvalue weighted by Crippen LogP contribution is -2.31. The third kappa shape index (κ3) is 2.54. The van der Waals surface area contributed by atoms with Gasteiger partial charge in [-0.05, 0) is 67.0 Å². The zero-order chi connectivity index (χ0) is 16.7. The Hall–Kier alpha value is -2.41. The van der Waals surface area contributed by atoms with E-state index in [2.05, 4.69) is 80.2 Å². The highest BCUT2D eigenvalue weighted by Gasteiger charge is 2.20. The van der Waals surface area contributed by atoms with Crippen molar-refractivity contribution < 1.29 is 4.57 Å². The molecule has 4 rings (SSSR count). The summed E-state index contributed by atoms with van der Waals surface area (Å²) in [5.74, 6) is 0. The van der Waals surface area contributed by atoms with E-state index in [0.717, 1.165) is 0 Å². The molecule has 0 N–H and O–H groups in total. The molecule has 2 aromatic carbocycles. The Balaban J connectivity index is 1.90. The lowest BCUT2D eigenvalue weighted by Gasteiger charge is -2.11. The van der Waals surface area contributed by atoms with E-state index in [9.17, 15) is 0 Å². The van der Waals surface area contributed by atoms with Crippen LogP contribution in [0.1, 0.15) is 28.7 Å². The zero-order valence-electron chi connectivity index (χ0n) is 14.8. The maximum atomic E-state index is 2.43. The largest absolute Gasteiger partial charge is 0.213 e. The molecule has 1 heterocycles. The number of fused-ring (bicyclic) bond motifs is 1. The van der Waals surface area contributed by atoms with Crippen LogP contribution in [0.4, 0.5) is 0 Å². The summed E-state index contributed by atoms with van der Waals surface area (Å²) in [6.45, 7) is 4.44. The second-order valence-corrected chi connectivity index (χ2v) is 7.02. The van der Waals surface area contributed by atoms with Crippen molar-refractivity contribution in [1.82, 2.24) is 0 Å². The minimum atomic E-state index is 1.23. The number of nitrogens with zero attached hydrogens (tertiary/aromatic N) is 1. The Morgan fingerprint density at radius 3 is 2.25 bits per heavy atom. The van der Waals surface area contributed by atoms with Crippen molar-refractivity contribution >= 4 is 0 Å². The summed E-state index contributed by atoms with van der Waals surface area (Å²) < 4.78 is 2.27. The molecule has 0 unspecified atom stereocenters. The van der Waals surface area contributed by atoms with Crippen LogP contribution in [0.5, 0.6) is 0 Å². The average molecular weight is 314 g/mol. The van der Waals surface area contributed by atoms with Crippen molar-refractivity contribution in [3.05, 3.63) is 77.0 Å². The maximum absolute atomic E-state index is 2.43. The van der Waals surface area contributed by atoms with Crippen LogP contribution in [0.15, 0.2) is 54.7 Å². The summed E-state index contributed by atoms with van der Waals surface area (Å²) in [5.41, 5.74) is 11.1. The van der Waals surface area contributed by atoms with E-state index >= 15 is 0 Å². The van der Waals surface area contributed by atoms with Gasteiger partial charge in [-0.25, -0.2) is 4.57 Å². The Bertz CT molecular complexity index is 907. The second kappa shape index (κ2) is 5.90. The van der Waals surface area contributed by atoms with Crippen LogP contribution in [0.3, 0.4) is 0 Å². The van der Waals surface area contributed by atoms with E-state index in [1.54, 1.807) is 5.56 Å². The molecule has 0 atom stereocenters. The molecule has 0 fully saturated rings. The number of pyridine rings is 1. The van der Waals surface area contributed by atoms with E-state index in [4.69, 9.17) is 0 Å². The van der Waals surface area contributed by atoms with Gasteiger partial charge in [0.25, 0.3) is 0 Å². The number of hydrogen-bond acceptors (Lipinski definition) is 0. The summed E-state index contributed by atoms with van der Waals surface area (Å²) in [4.78, 5) is 0. The summed E-state index contributed by atoms with van der Waals surface area (Å²) in [5, 5.41) is 0. The van der Waals surface area contributed by atoms with Crippen LogP contribution in [0.25, 0.3) is 22.4 Å². The lowest BCUT2D eigenvalue weighted by molar-refractivity contribution is -0.660. The second-order valence-electron chi connectivity index (χ2n) is 7.02. The molecule has 3 aromatic rings. The van der Waals surface area contributed by atoms with Crippen LogP contribution in [-0.4, -0.2) is 0 Å². The zero-order valence-corrected chi connectivity index (χ0v) is 14.8. The predicted molar refractivity (Wildman–Crippen MR) is 100.0 cm³/mol. The maximum Gasteiger partial charge on any atom is 0.213 e. The molecular formula is C23H24N+. The Kier molecular flexibility index (Phi) is 3.72. The van der Waals surface area contributed by atoms with Gasteiger partial charge in [0.2, 0.25) is 5.69 Å². The monoisotopic (exact) mass is 314 g/mol. The van der Waals surface area contributed by atoms with Gasteiger partial charge in [0.15, 0.2) is 6.20 Å².